The molecule has 0 atom stereocenters. The second kappa shape index (κ2) is 7.28. The molecule has 21 heavy (non-hydrogen) atoms. The van der Waals surface area contributed by atoms with Gasteiger partial charge >= 0.3 is 5.97 Å². The van der Waals surface area contributed by atoms with E-state index in [1.54, 1.807) is 6.92 Å². The van der Waals surface area contributed by atoms with Crippen molar-refractivity contribution in [3.8, 4) is 5.75 Å². The summed E-state index contributed by atoms with van der Waals surface area (Å²) in [6.45, 7) is 1.98. The predicted molar refractivity (Wildman–Crippen MR) is 78.5 cm³/mol. The maximum absolute atomic E-state index is 12.4. The topological polar surface area (TPSA) is 98.9 Å². The molecule has 0 bridgehead atoms. The Hall–Kier alpha value is -1.80. The highest BCUT2D eigenvalue weighted by atomic mass is 32.2. The fourth-order valence-electron chi connectivity index (χ4n) is 1.66. The SMILES string of the molecule is CCOC(=O)CCN(C)S(=O)(=O)c1ccc(OC)cc1N. The molecule has 0 aliphatic rings. The van der Waals surface area contributed by atoms with Gasteiger partial charge in [-0.3, -0.25) is 4.79 Å². The van der Waals surface area contributed by atoms with Crippen LogP contribution in [0.3, 0.4) is 0 Å². The number of hydrogen-bond donors (Lipinski definition) is 1. The first kappa shape index (κ1) is 17.3. The van der Waals surface area contributed by atoms with Gasteiger partial charge < -0.3 is 15.2 Å². The highest BCUT2D eigenvalue weighted by Gasteiger charge is 2.24. The van der Waals surface area contributed by atoms with Crippen molar-refractivity contribution < 1.29 is 22.7 Å². The molecule has 0 aliphatic carbocycles. The van der Waals surface area contributed by atoms with Gasteiger partial charge in [-0.15, -0.1) is 0 Å². The van der Waals surface area contributed by atoms with Gasteiger partial charge in [-0.25, -0.2) is 12.7 Å². The molecular weight excluding hydrogens is 296 g/mol. The van der Waals surface area contributed by atoms with Crippen molar-refractivity contribution in [2.24, 2.45) is 0 Å². The molecule has 0 fully saturated rings. The summed E-state index contributed by atoms with van der Waals surface area (Å²) in [5.74, 6) is 0.0304. The van der Waals surface area contributed by atoms with Crippen LogP contribution in [0.15, 0.2) is 23.1 Å². The molecule has 0 saturated carbocycles. The van der Waals surface area contributed by atoms with E-state index in [1.165, 1.54) is 32.4 Å². The van der Waals surface area contributed by atoms with Crippen LogP contribution in [0, 0.1) is 0 Å². The van der Waals surface area contributed by atoms with Crippen molar-refractivity contribution in [3.63, 3.8) is 0 Å². The Balaban J connectivity index is 2.87. The molecule has 0 radical (unpaired) electrons. The zero-order valence-corrected chi connectivity index (χ0v) is 13.1. The normalized spacial score (nSPS) is 11.4. The first-order chi connectivity index (χ1) is 9.82. The zero-order chi connectivity index (χ0) is 16.0. The molecular formula is C13H20N2O5S. The minimum absolute atomic E-state index is 0.0143. The maximum atomic E-state index is 12.4. The lowest BCUT2D eigenvalue weighted by Gasteiger charge is -2.18. The second-order valence-corrected chi connectivity index (χ2v) is 6.30. The number of benzene rings is 1. The van der Waals surface area contributed by atoms with Crippen LogP contribution in [-0.4, -0.2) is 46.0 Å². The lowest BCUT2D eigenvalue weighted by Crippen LogP contribution is -2.30. The molecule has 0 saturated heterocycles. The number of hydrogen-bond acceptors (Lipinski definition) is 6. The number of nitrogens with two attached hydrogens (primary N) is 1. The summed E-state index contributed by atoms with van der Waals surface area (Å²) in [5, 5.41) is 0. The Labute approximate surface area is 124 Å². The molecule has 0 unspecified atom stereocenters. The Bertz CT molecular complexity index is 601. The summed E-state index contributed by atoms with van der Waals surface area (Å²) in [4.78, 5) is 11.3. The molecule has 0 aromatic heterocycles. The zero-order valence-electron chi connectivity index (χ0n) is 12.3. The average Bonchev–Trinajstić information content (AvgIpc) is 2.44. The Morgan fingerprint density at radius 1 is 1.38 bits per heavy atom. The van der Waals surface area contributed by atoms with Gasteiger partial charge in [0.2, 0.25) is 10.0 Å². The van der Waals surface area contributed by atoms with Crippen molar-refractivity contribution in [1.29, 1.82) is 0 Å². The average molecular weight is 316 g/mol. The number of sulfonamides is 1. The predicted octanol–water partition coefficient (Wildman–Crippen LogP) is 0.851. The summed E-state index contributed by atoms with van der Waals surface area (Å²) in [6, 6.07) is 4.33. The number of esters is 1. The largest absolute Gasteiger partial charge is 0.497 e. The Kier molecular flexibility index (Phi) is 5.98. The van der Waals surface area contributed by atoms with Gasteiger partial charge in [0.1, 0.15) is 10.6 Å². The third kappa shape index (κ3) is 4.33. The number of nitrogen functional groups attached to an aromatic ring is 1. The summed E-state index contributed by atoms with van der Waals surface area (Å²) in [6.07, 6.45) is -0.0143. The van der Waals surface area contributed by atoms with E-state index in [-0.39, 0.29) is 30.2 Å². The van der Waals surface area contributed by atoms with Crippen LogP contribution in [0.2, 0.25) is 0 Å². The minimum atomic E-state index is -3.76. The van der Waals surface area contributed by atoms with Crippen molar-refractivity contribution in [1.82, 2.24) is 4.31 Å². The molecule has 2 N–H and O–H groups in total. The lowest BCUT2D eigenvalue weighted by molar-refractivity contribution is -0.143. The van der Waals surface area contributed by atoms with Crippen LogP contribution in [0.5, 0.6) is 5.75 Å². The quantitative estimate of drug-likeness (QED) is 0.591. The van der Waals surface area contributed by atoms with E-state index in [0.717, 1.165) is 4.31 Å². The smallest absolute Gasteiger partial charge is 0.307 e. The van der Waals surface area contributed by atoms with Gasteiger partial charge in [0.05, 0.1) is 25.8 Å². The van der Waals surface area contributed by atoms with E-state index in [9.17, 15) is 13.2 Å². The number of ether oxygens (including phenoxy) is 2. The van der Waals surface area contributed by atoms with Crippen molar-refractivity contribution in [2.75, 3.05) is 33.0 Å². The molecule has 1 aromatic rings. The number of carbonyl (C=O) groups excluding carboxylic acids is 1. The standard InChI is InChI=1S/C13H20N2O5S/c1-4-20-13(16)7-8-15(2)21(17,18)12-6-5-10(19-3)9-11(12)14/h5-6,9H,4,7-8,14H2,1-3H3. The highest BCUT2D eigenvalue weighted by molar-refractivity contribution is 7.89. The van der Waals surface area contributed by atoms with Gasteiger partial charge in [0.15, 0.2) is 0 Å². The fourth-order valence-corrected chi connectivity index (χ4v) is 2.92. The van der Waals surface area contributed by atoms with E-state index < -0.39 is 16.0 Å². The molecule has 1 aromatic carbocycles. The summed E-state index contributed by atoms with van der Waals surface area (Å²) in [5.41, 5.74) is 5.84. The molecule has 118 valence electrons. The monoisotopic (exact) mass is 316 g/mol. The fraction of sp³-hybridized carbons (Fsp3) is 0.462. The number of carbonyl (C=O) groups is 1. The third-order valence-electron chi connectivity index (χ3n) is 2.84. The van der Waals surface area contributed by atoms with Gasteiger partial charge in [0.25, 0.3) is 0 Å². The number of rotatable bonds is 7. The van der Waals surface area contributed by atoms with Crippen LogP contribution < -0.4 is 10.5 Å². The summed E-state index contributed by atoms with van der Waals surface area (Å²) in [7, 11) is -0.906. The number of anilines is 1. The van der Waals surface area contributed by atoms with Crippen molar-refractivity contribution in [3.05, 3.63) is 18.2 Å². The Morgan fingerprint density at radius 3 is 2.57 bits per heavy atom. The maximum Gasteiger partial charge on any atom is 0.307 e. The molecule has 8 heteroatoms. The molecule has 0 aliphatic heterocycles. The summed E-state index contributed by atoms with van der Waals surface area (Å²) < 4.78 is 35.6. The van der Waals surface area contributed by atoms with Gasteiger partial charge in [-0.1, -0.05) is 0 Å². The van der Waals surface area contributed by atoms with Gasteiger partial charge in [0, 0.05) is 19.7 Å². The minimum Gasteiger partial charge on any atom is -0.497 e. The third-order valence-corrected chi connectivity index (χ3v) is 4.77. The molecule has 0 amide bonds. The van der Waals surface area contributed by atoms with E-state index in [1.807, 2.05) is 0 Å². The van der Waals surface area contributed by atoms with Crippen LogP contribution >= 0.6 is 0 Å². The number of methoxy groups -OCH3 is 1. The van der Waals surface area contributed by atoms with Crippen LogP contribution in [0.1, 0.15) is 13.3 Å². The van der Waals surface area contributed by atoms with E-state index in [4.69, 9.17) is 15.2 Å². The first-order valence-corrected chi connectivity index (χ1v) is 7.82. The van der Waals surface area contributed by atoms with Crippen LogP contribution in [0.4, 0.5) is 5.69 Å². The van der Waals surface area contributed by atoms with Crippen molar-refractivity contribution in [2.45, 2.75) is 18.2 Å². The van der Waals surface area contributed by atoms with Gasteiger partial charge in [-0.2, -0.15) is 0 Å². The van der Waals surface area contributed by atoms with E-state index in [2.05, 4.69) is 0 Å². The molecule has 1 rings (SSSR count). The second-order valence-electron chi connectivity index (χ2n) is 4.29. The van der Waals surface area contributed by atoms with E-state index >= 15 is 0 Å². The first-order valence-electron chi connectivity index (χ1n) is 6.38. The molecule has 0 spiro atoms. The van der Waals surface area contributed by atoms with Crippen molar-refractivity contribution >= 4 is 21.7 Å². The number of nitrogens with zero attached hydrogens (tertiary/aromatic N) is 1. The molecule has 0 heterocycles. The van der Waals surface area contributed by atoms with Crippen LogP contribution in [0.25, 0.3) is 0 Å². The molecule has 7 nitrogen and oxygen atoms in total. The summed E-state index contributed by atoms with van der Waals surface area (Å²) >= 11 is 0. The lowest BCUT2D eigenvalue weighted by atomic mass is 10.3. The Morgan fingerprint density at radius 2 is 2.05 bits per heavy atom. The van der Waals surface area contributed by atoms with E-state index in [0.29, 0.717) is 5.75 Å². The van der Waals surface area contributed by atoms with Crippen LogP contribution in [-0.2, 0) is 19.6 Å². The highest BCUT2D eigenvalue weighted by Crippen LogP contribution is 2.25. The van der Waals surface area contributed by atoms with Gasteiger partial charge in [-0.05, 0) is 19.1 Å².